The number of para-hydroxylation sites is 1. The lowest BCUT2D eigenvalue weighted by molar-refractivity contribution is -0.667. The molecule has 3 aromatic rings. The topological polar surface area (TPSA) is 42.5 Å². The average molecular weight is 550 g/mol. The number of pyridine rings is 1. The number of alkyl halides is 6. The van der Waals surface area contributed by atoms with E-state index < -0.39 is 7.59 Å². The summed E-state index contributed by atoms with van der Waals surface area (Å²) in [5.74, 6) is -0.0836. The fourth-order valence-electron chi connectivity index (χ4n) is 2.88. The lowest BCUT2D eigenvalue weighted by Gasteiger charge is -2.14. The Morgan fingerprint density at radius 1 is 0.781 bits per heavy atom. The van der Waals surface area contributed by atoms with Gasteiger partial charge in [-0.25, -0.2) is 15.0 Å². The van der Waals surface area contributed by atoms with Gasteiger partial charge in [0.15, 0.2) is 23.7 Å². The third-order valence-corrected chi connectivity index (χ3v) is 5.33. The van der Waals surface area contributed by atoms with Gasteiger partial charge in [-0.2, -0.15) is 4.57 Å². The summed E-state index contributed by atoms with van der Waals surface area (Å²) in [4.78, 5) is 12.1. The van der Waals surface area contributed by atoms with Gasteiger partial charge in [-0.05, 0) is 24.6 Å². The van der Waals surface area contributed by atoms with Crippen molar-refractivity contribution in [3.8, 4) is 0 Å². The molecule has 4 nitrogen and oxygen atoms in total. The SMILES string of the molecule is CC[n+]1ccc(C=CC=CC=Cc2nc(C(Cl)(Cl)Cl)nc(C(Cl)(Cl)Cl)n2)c2ccccc21. The first-order valence-electron chi connectivity index (χ1n) is 9.42. The van der Waals surface area contributed by atoms with Crippen LogP contribution in [0.1, 0.15) is 30.0 Å². The molecular weight excluding hydrogens is 533 g/mol. The summed E-state index contributed by atoms with van der Waals surface area (Å²) in [5.41, 5.74) is 2.31. The van der Waals surface area contributed by atoms with Crippen molar-refractivity contribution in [3.05, 3.63) is 83.9 Å². The van der Waals surface area contributed by atoms with Gasteiger partial charge in [-0.1, -0.05) is 112 Å². The van der Waals surface area contributed by atoms with Crippen LogP contribution in [0.5, 0.6) is 0 Å². The number of benzene rings is 1. The molecule has 0 N–H and O–H groups in total. The highest BCUT2D eigenvalue weighted by atomic mass is 35.6. The van der Waals surface area contributed by atoms with Crippen molar-refractivity contribution in [3.63, 3.8) is 0 Å². The Bertz CT molecular complexity index is 1160. The summed E-state index contributed by atoms with van der Waals surface area (Å²) >= 11 is 35.2. The molecule has 0 saturated carbocycles. The second kappa shape index (κ2) is 10.7. The molecule has 0 aliphatic heterocycles. The number of aromatic nitrogens is 4. The highest BCUT2D eigenvalue weighted by Crippen LogP contribution is 2.39. The number of hydrogen-bond acceptors (Lipinski definition) is 3. The largest absolute Gasteiger partial charge is 0.250 e. The van der Waals surface area contributed by atoms with Crippen LogP contribution in [-0.2, 0) is 14.1 Å². The second-order valence-corrected chi connectivity index (χ2v) is 11.1. The molecular formula is C22H17Cl6N4+. The minimum Gasteiger partial charge on any atom is -0.209 e. The van der Waals surface area contributed by atoms with Gasteiger partial charge in [0.2, 0.25) is 13.1 Å². The van der Waals surface area contributed by atoms with Gasteiger partial charge in [0.25, 0.3) is 0 Å². The van der Waals surface area contributed by atoms with E-state index in [-0.39, 0.29) is 17.5 Å². The van der Waals surface area contributed by atoms with Gasteiger partial charge < -0.3 is 0 Å². The molecule has 0 aliphatic carbocycles. The Morgan fingerprint density at radius 2 is 1.38 bits per heavy atom. The first-order valence-corrected chi connectivity index (χ1v) is 11.7. The van der Waals surface area contributed by atoms with Crippen molar-refractivity contribution in [2.24, 2.45) is 0 Å². The van der Waals surface area contributed by atoms with Crippen molar-refractivity contribution >= 4 is 92.7 Å². The van der Waals surface area contributed by atoms with E-state index in [1.165, 1.54) is 10.9 Å². The maximum absolute atomic E-state index is 5.87. The quantitative estimate of drug-likeness (QED) is 0.191. The number of fused-ring (bicyclic) bond motifs is 1. The van der Waals surface area contributed by atoms with Crippen LogP contribution in [-0.4, -0.2) is 15.0 Å². The van der Waals surface area contributed by atoms with E-state index >= 15 is 0 Å². The van der Waals surface area contributed by atoms with E-state index in [9.17, 15) is 0 Å². The Hall–Kier alpha value is -1.40. The van der Waals surface area contributed by atoms with E-state index in [4.69, 9.17) is 69.6 Å². The molecule has 0 atom stereocenters. The molecule has 0 bridgehead atoms. The summed E-state index contributed by atoms with van der Waals surface area (Å²) in [6, 6.07) is 10.4. The fraction of sp³-hybridized carbons (Fsp3) is 0.182. The van der Waals surface area contributed by atoms with Gasteiger partial charge in [-0.15, -0.1) is 0 Å². The van der Waals surface area contributed by atoms with Crippen molar-refractivity contribution < 1.29 is 4.57 Å². The number of allylic oxidation sites excluding steroid dienone is 4. The number of halogens is 6. The number of hydrogen-bond donors (Lipinski definition) is 0. The van der Waals surface area contributed by atoms with Crippen LogP contribution in [0.2, 0.25) is 0 Å². The number of aryl methyl sites for hydroxylation is 1. The smallest absolute Gasteiger partial charge is 0.209 e. The fourth-order valence-corrected chi connectivity index (χ4v) is 3.39. The minimum atomic E-state index is -1.89. The Kier molecular flexibility index (Phi) is 8.42. The highest BCUT2D eigenvalue weighted by Gasteiger charge is 2.33. The molecule has 3 rings (SSSR count). The zero-order valence-electron chi connectivity index (χ0n) is 16.7. The van der Waals surface area contributed by atoms with Crippen molar-refractivity contribution in [2.75, 3.05) is 0 Å². The molecule has 0 amide bonds. The summed E-state index contributed by atoms with van der Waals surface area (Å²) in [6.07, 6.45) is 13.1. The van der Waals surface area contributed by atoms with E-state index in [0.717, 1.165) is 12.1 Å². The predicted molar refractivity (Wildman–Crippen MR) is 135 cm³/mol. The van der Waals surface area contributed by atoms with Crippen LogP contribution in [0.25, 0.3) is 23.1 Å². The molecule has 166 valence electrons. The molecule has 10 heteroatoms. The summed E-state index contributed by atoms with van der Waals surface area (Å²) in [5, 5.41) is 1.18. The van der Waals surface area contributed by atoms with E-state index in [1.807, 2.05) is 36.4 Å². The first-order chi connectivity index (χ1) is 15.1. The molecule has 0 radical (unpaired) electrons. The Balaban J connectivity index is 1.79. The second-order valence-electron chi connectivity index (χ2n) is 6.51. The van der Waals surface area contributed by atoms with Gasteiger partial charge in [0.1, 0.15) is 6.54 Å². The van der Waals surface area contributed by atoms with E-state index in [2.05, 4.69) is 50.8 Å². The Labute approximate surface area is 216 Å². The monoisotopic (exact) mass is 547 g/mol. The van der Waals surface area contributed by atoms with Crippen LogP contribution in [0.4, 0.5) is 0 Å². The van der Waals surface area contributed by atoms with Crippen molar-refractivity contribution in [1.82, 2.24) is 15.0 Å². The van der Waals surface area contributed by atoms with Crippen LogP contribution >= 0.6 is 69.6 Å². The molecule has 0 saturated heterocycles. The van der Waals surface area contributed by atoms with Gasteiger partial charge in [0, 0.05) is 12.1 Å². The van der Waals surface area contributed by atoms with Crippen LogP contribution in [0.15, 0.2) is 60.8 Å². The Morgan fingerprint density at radius 3 is 1.97 bits per heavy atom. The maximum Gasteiger partial charge on any atom is 0.250 e. The molecule has 0 fully saturated rings. The zero-order valence-corrected chi connectivity index (χ0v) is 21.2. The van der Waals surface area contributed by atoms with Gasteiger partial charge in [-0.3, -0.25) is 0 Å². The molecule has 32 heavy (non-hydrogen) atoms. The standard InChI is InChI=1S/C22H17Cl6N4/c1-2-32-14-13-15(16-10-7-8-11-17(16)32)9-5-3-4-6-12-18-29-19(21(23,24)25)31-20(30-18)22(26,27)28/h3-14H,2H2,1H3/q+1. The summed E-state index contributed by atoms with van der Waals surface area (Å²) in [6.45, 7) is 3.03. The number of rotatable bonds is 5. The van der Waals surface area contributed by atoms with Crippen molar-refractivity contribution in [1.29, 1.82) is 0 Å². The lowest BCUT2D eigenvalue weighted by atomic mass is 10.1. The van der Waals surface area contributed by atoms with E-state index in [1.54, 1.807) is 12.2 Å². The summed E-state index contributed by atoms with van der Waals surface area (Å²) in [7, 11) is 0. The molecule has 2 aromatic heterocycles. The van der Waals surface area contributed by atoms with Crippen LogP contribution in [0, 0.1) is 0 Å². The predicted octanol–water partition coefficient (Wildman–Crippen LogP) is 7.27. The molecule has 1 aromatic carbocycles. The molecule has 0 aliphatic rings. The maximum atomic E-state index is 5.87. The zero-order chi connectivity index (χ0) is 23.4. The van der Waals surface area contributed by atoms with Gasteiger partial charge in [0.05, 0.1) is 5.39 Å². The van der Waals surface area contributed by atoms with Crippen LogP contribution in [0.3, 0.4) is 0 Å². The van der Waals surface area contributed by atoms with Crippen molar-refractivity contribution in [2.45, 2.75) is 21.1 Å². The van der Waals surface area contributed by atoms with Crippen LogP contribution < -0.4 is 4.57 Å². The third kappa shape index (κ3) is 6.57. The first kappa shape index (κ1) is 25.2. The molecule has 0 spiro atoms. The normalized spacial score (nSPS) is 13.2. The van der Waals surface area contributed by atoms with E-state index in [0.29, 0.717) is 0 Å². The minimum absolute atomic E-state index is 0.136. The number of nitrogens with zero attached hydrogens (tertiary/aromatic N) is 4. The average Bonchev–Trinajstić information content (AvgIpc) is 2.74. The highest BCUT2D eigenvalue weighted by molar-refractivity contribution is 6.67. The molecule has 0 unspecified atom stereocenters. The lowest BCUT2D eigenvalue weighted by Crippen LogP contribution is -2.32. The molecule has 2 heterocycles. The van der Waals surface area contributed by atoms with Gasteiger partial charge >= 0.3 is 0 Å². The summed E-state index contributed by atoms with van der Waals surface area (Å²) < 4.78 is -1.57. The third-order valence-electron chi connectivity index (χ3n) is 4.31.